The van der Waals surface area contributed by atoms with E-state index in [4.69, 9.17) is 16.9 Å². The number of amides is 1. The number of hydrogen-bond donors (Lipinski definition) is 1. The van der Waals surface area contributed by atoms with E-state index < -0.39 is 10.8 Å². The normalized spacial score (nSPS) is 10.5. The van der Waals surface area contributed by atoms with Crippen molar-refractivity contribution >= 4 is 29.3 Å². The Balaban J connectivity index is 3.11. The molecule has 0 fully saturated rings. The molecule has 0 spiro atoms. The van der Waals surface area contributed by atoms with Gasteiger partial charge in [0.15, 0.2) is 0 Å². The molecule has 0 heterocycles. The minimum Gasteiger partial charge on any atom is -0.348 e. The molecule has 0 atom stereocenters. The Morgan fingerprint density at radius 3 is 2.85 bits per heavy atom. The number of benzene rings is 1. The monoisotopic (exact) mass is 291 g/mol. The van der Waals surface area contributed by atoms with Gasteiger partial charge in [-0.25, -0.2) is 0 Å². The zero-order valence-corrected chi connectivity index (χ0v) is 11.1. The van der Waals surface area contributed by atoms with Crippen molar-refractivity contribution in [1.82, 2.24) is 5.32 Å². The second-order valence-electron chi connectivity index (χ2n) is 3.64. The second-order valence-corrected chi connectivity index (χ2v) is 4.04. The van der Waals surface area contributed by atoms with Crippen LogP contribution < -0.4 is 5.32 Å². The number of nitriles is 1. The van der Waals surface area contributed by atoms with Gasteiger partial charge >= 0.3 is 0 Å². The van der Waals surface area contributed by atoms with Crippen LogP contribution in [0.1, 0.15) is 5.56 Å². The van der Waals surface area contributed by atoms with Crippen molar-refractivity contribution in [3.8, 4) is 6.07 Å². The SMILES string of the molecule is C=CCNC(=O)C(C#N)=Cc1ccc(Cl)c([N+](=O)[O-])c1. The second kappa shape index (κ2) is 7.07. The van der Waals surface area contributed by atoms with Gasteiger partial charge in [-0.05, 0) is 17.7 Å². The highest BCUT2D eigenvalue weighted by atomic mass is 35.5. The highest BCUT2D eigenvalue weighted by Crippen LogP contribution is 2.26. The number of nitro groups is 1. The molecule has 7 heteroatoms. The molecule has 20 heavy (non-hydrogen) atoms. The fourth-order valence-electron chi connectivity index (χ4n) is 1.33. The molecule has 1 aromatic rings. The van der Waals surface area contributed by atoms with E-state index in [0.29, 0.717) is 5.56 Å². The smallest absolute Gasteiger partial charge is 0.288 e. The maximum absolute atomic E-state index is 11.6. The van der Waals surface area contributed by atoms with Gasteiger partial charge in [-0.15, -0.1) is 6.58 Å². The largest absolute Gasteiger partial charge is 0.348 e. The minimum atomic E-state index is -0.635. The molecule has 0 saturated carbocycles. The van der Waals surface area contributed by atoms with E-state index in [0.717, 1.165) is 0 Å². The Morgan fingerprint density at radius 1 is 1.60 bits per heavy atom. The first-order valence-electron chi connectivity index (χ1n) is 5.44. The van der Waals surface area contributed by atoms with Crippen LogP contribution in [0.15, 0.2) is 36.4 Å². The molecule has 102 valence electrons. The van der Waals surface area contributed by atoms with Crippen molar-refractivity contribution in [2.75, 3.05) is 6.54 Å². The third kappa shape index (κ3) is 3.93. The van der Waals surface area contributed by atoms with E-state index in [2.05, 4.69) is 11.9 Å². The summed E-state index contributed by atoms with van der Waals surface area (Å²) in [5, 5.41) is 22.1. The van der Waals surface area contributed by atoms with Crippen LogP contribution in [0.3, 0.4) is 0 Å². The number of hydrogen-bond acceptors (Lipinski definition) is 4. The summed E-state index contributed by atoms with van der Waals surface area (Å²) >= 11 is 5.67. The number of carbonyl (C=O) groups excluding carboxylic acids is 1. The van der Waals surface area contributed by atoms with Crippen molar-refractivity contribution in [3.63, 3.8) is 0 Å². The lowest BCUT2D eigenvalue weighted by Crippen LogP contribution is -2.24. The van der Waals surface area contributed by atoms with Crippen LogP contribution in [-0.4, -0.2) is 17.4 Å². The molecule has 0 aliphatic heterocycles. The summed E-state index contributed by atoms with van der Waals surface area (Å²) in [5.41, 5.74) is -0.112. The Morgan fingerprint density at radius 2 is 2.30 bits per heavy atom. The summed E-state index contributed by atoms with van der Waals surface area (Å²) in [5.74, 6) is -0.579. The average molecular weight is 292 g/mol. The first kappa shape index (κ1) is 15.4. The van der Waals surface area contributed by atoms with Crippen molar-refractivity contribution in [2.45, 2.75) is 0 Å². The molecule has 1 amide bonds. The molecule has 1 rings (SSSR count). The fraction of sp³-hybridized carbons (Fsp3) is 0.0769. The molecule has 1 aromatic carbocycles. The molecule has 0 bridgehead atoms. The zero-order valence-electron chi connectivity index (χ0n) is 10.3. The topological polar surface area (TPSA) is 96.0 Å². The molecule has 0 unspecified atom stereocenters. The number of nitrogens with zero attached hydrogens (tertiary/aromatic N) is 2. The van der Waals surface area contributed by atoms with Crippen molar-refractivity contribution < 1.29 is 9.72 Å². The summed E-state index contributed by atoms with van der Waals surface area (Å²) in [4.78, 5) is 21.7. The minimum absolute atomic E-state index is 0.0123. The number of nitrogens with one attached hydrogen (secondary N) is 1. The molecule has 0 aliphatic rings. The number of nitro benzene ring substituents is 1. The molecule has 6 nitrogen and oxygen atoms in total. The molecule has 0 aliphatic carbocycles. The van der Waals surface area contributed by atoms with Gasteiger partial charge in [-0.2, -0.15) is 5.26 Å². The maximum Gasteiger partial charge on any atom is 0.288 e. The lowest BCUT2D eigenvalue weighted by Gasteiger charge is -2.01. The fourth-order valence-corrected chi connectivity index (χ4v) is 1.52. The Hall–Kier alpha value is -2.65. The van der Waals surface area contributed by atoms with E-state index in [9.17, 15) is 14.9 Å². The van der Waals surface area contributed by atoms with Crippen molar-refractivity contribution in [1.29, 1.82) is 5.26 Å². The summed E-state index contributed by atoms with van der Waals surface area (Å²) in [6, 6.07) is 5.74. The van der Waals surface area contributed by atoms with E-state index in [1.54, 1.807) is 6.07 Å². The lowest BCUT2D eigenvalue weighted by molar-refractivity contribution is -0.384. The van der Waals surface area contributed by atoms with Gasteiger partial charge in [-0.3, -0.25) is 14.9 Å². The molecule has 0 saturated heterocycles. The zero-order chi connectivity index (χ0) is 15.1. The highest BCUT2D eigenvalue weighted by Gasteiger charge is 2.13. The third-order valence-electron chi connectivity index (χ3n) is 2.25. The molecule has 0 radical (unpaired) electrons. The highest BCUT2D eigenvalue weighted by molar-refractivity contribution is 6.32. The van der Waals surface area contributed by atoms with Crippen molar-refractivity contribution in [3.05, 3.63) is 57.1 Å². The summed E-state index contributed by atoms with van der Waals surface area (Å²) in [6.07, 6.45) is 2.72. The van der Waals surface area contributed by atoms with E-state index in [-0.39, 0.29) is 22.8 Å². The number of halogens is 1. The predicted molar refractivity (Wildman–Crippen MR) is 74.9 cm³/mol. The summed E-state index contributed by atoms with van der Waals surface area (Å²) in [6.45, 7) is 3.66. The van der Waals surface area contributed by atoms with Crippen LogP contribution in [-0.2, 0) is 4.79 Å². The van der Waals surface area contributed by atoms with E-state index in [1.165, 1.54) is 30.4 Å². The Bertz CT molecular complexity index is 632. The standard InChI is InChI=1S/C13H10ClN3O3/c1-2-5-16-13(18)10(8-15)6-9-3-4-11(14)12(7-9)17(19)20/h2-4,6-7H,1,5H2,(H,16,18). The third-order valence-corrected chi connectivity index (χ3v) is 2.57. The Labute approximate surface area is 120 Å². The van der Waals surface area contributed by atoms with Gasteiger partial charge in [0, 0.05) is 12.6 Å². The Kier molecular flexibility index (Phi) is 5.44. The average Bonchev–Trinajstić information content (AvgIpc) is 2.43. The van der Waals surface area contributed by atoms with E-state index in [1.807, 2.05) is 0 Å². The first-order valence-corrected chi connectivity index (χ1v) is 5.82. The maximum atomic E-state index is 11.6. The van der Waals surface area contributed by atoms with Gasteiger partial charge < -0.3 is 5.32 Å². The van der Waals surface area contributed by atoms with Crippen LogP contribution in [0.4, 0.5) is 5.69 Å². The molecule has 1 N–H and O–H groups in total. The van der Waals surface area contributed by atoms with Crippen LogP contribution >= 0.6 is 11.6 Å². The van der Waals surface area contributed by atoms with E-state index >= 15 is 0 Å². The lowest BCUT2D eigenvalue weighted by atomic mass is 10.1. The quantitative estimate of drug-likeness (QED) is 0.296. The van der Waals surface area contributed by atoms with Gasteiger partial charge in [0.25, 0.3) is 11.6 Å². The van der Waals surface area contributed by atoms with Gasteiger partial charge in [0.2, 0.25) is 0 Å². The summed E-state index contributed by atoms with van der Waals surface area (Å²) < 4.78 is 0. The van der Waals surface area contributed by atoms with Crippen LogP contribution in [0.25, 0.3) is 6.08 Å². The molecule has 0 aromatic heterocycles. The predicted octanol–water partition coefficient (Wildman–Crippen LogP) is 2.46. The summed E-state index contributed by atoms with van der Waals surface area (Å²) in [7, 11) is 0. The van der Waals surface area contributed by atoms with Crippen LogP contribution in [0.5, 0.6) is 0 Å². The van der Waals surface area contributed by atoms with Gasteiger partial charge in [-0.1, -0.05) is 23.7 Å². The number of rotatable bonds is 5. The van der Waals surface area contributed by atoms with Crippen LogP contribution in [0.2, 0.25) is 5.02 Å². The van der Waals surface area contributed by atoms with Gasteiger partial charge in [0.05, 0.1) is 4.92 Å². The van der Waals surface area contributed by atoms with Crippen molar-refractivity contribution in [2.24, 2.45) is 0 Å². The molecular formula is C13H10ClN3O3. The molecular weight excluding hydrogens is 282 g/mol. The van der Waals surface area contributed by atoms with Gasteiger partial charge in [0.1, 0.15) is 16.7 Å². The first-order chi connectivity index (χ1) is 9.49. The number of carbonyl (C=O) groups is 1. The van der Waals surface area contributed by atoms with Crippen LogP contribution in [0, 0.1) is 21.4 Å².